The van der Waals surface area contributed by atoms with Crippen molar-refractivity contribution in [3.05, 3.63) is 82.6 Å². The summed E-state index contributed by atoms with van der Waals surface area (Å²) in [6, 6.07) is 12.4. The molecule has 0 unspecified atom stereocenters. The first kappa shape index (κ1) is 20.4. The molecule has 0 saturated carbocycles. The number of nitrogens with zero attached hydrogens (tertiary/aromatic N) is 1. The van der Waals surface area contributed by atoms with Crippen LogP contribution in [0.2, 0.25) is 0 Å². The van der Waals surface area contributed by atoms with Gasteiger partial charge in [0, 0.05) is 24.7 Å². The Balaban J connectivity index is 2.21. The Kier molecular flexibility index (Phi) is 7.04. The van der Waals surface area contributed by atoms with Gasteiger partial charge in [0.15, 0.2) is 0 Å². The first-order valence-corrected chi connectivity index (χ1v) is 8.28. The summed E-state index contributed by atoms with van der Waals surface area (Å²) in [7, 11) is 0. The summed E-state index contributed by atoms with van der Waals surface area (Å²) in [4.78, 5) is 34.4. The Hall–Kier alpha value is -3.94. The molecule has 2 N–H and O–H groups in total. The van der Waals surface area contributed by atoms with Gasteiger partial charge >= 0.3 is 0 Å². The topological polar surface area (TPSA) is 111 Å². The maximum Gasteiger partial charge on any atom is 0.272 e. The minimum Gasteiger partial charge on any atom is -0.490 e. The van der Waals surface area contributed by atoms with Gasteiger partial charge in [0.25, 0.3) is 11.6 Å². The maximum absolute atomic E-state index is 12.6. The van der Waals surface area contributed by atoms with E-state index in [1.165, 1.54) is 31.2 Å². The molecule has 0 atom stereocenters. The van der Waals surface area contributed by atoms with Crippen LogP contribution in [0.3, 0.4) is 0 Å². The highest BCUT2D eigenvalue weighted by atomic mass is 16.6. The fourth-order valence-corrected chi connectivity index (χ4v) is 2.23. The van der Waals surface area contributed by atoms with Crippen molar-refractivity contribution in [3.63, 3.8) is 0 Å². The predicted molar refractivity (Wildman–Crippen MR) is 106 cm³/mol. The average molecular weight is 381 g/mol. The van der Waals surface area contributed by atoms with E-state index in [-0.39, 0.29) is 11.4 Å². The van der Waals surface area contributed by atoms with Crippen molar-refractivity contribution in [1.29, 1.82) is 0 Å². The Labute approximate surface area is 161 Å². The van der Waals surface area contributed by atoms with Crippen molar-refractivity contribution in [1.82, 2.24) is 5.32 Å². The lowest BCUT2D eigenvalue weighted by Crippen LogP contribution is -2.28. The number of nitro groups is 1. The van der Waals surface area contributed by atoms with E-state index in [2.05, 4.69) is 17.2 Å². The second-order valence-corrected chi connectivity index (χ2v) is 5.67. The highest BCUT2D eigenvalue weighted by Gasteiger charge is 2.13. The summed E-state index contributed by atoms with van der Waals surface area (Å²) in [6.45, 7) is 5.19. The van der Waals surface area contributed by atoms with Crippen LogP contribution in [-0.2, 0) is 9.59 Å². The lowest BCUT2D eigenvalue weighted by atomic mass is 10.1. The summed E-state index contributed by atoms with van der Waals surface area (Å²) in [5.74, 6) is -0.395. The fourth-order valence-electron chi connectivity index (χ4n) is 2.23. The highest BCUT2D eigenvalue weighted by molar-refractivity contribution is 6.08. The van der Waals surface area contributed by atoms with Gasteiger partial charge in [-0.05, 0) is 35.9 Å². The van der Waals surface area contributed by atoms with Crippen LogP contribution in [-0.4, -0.2) is 23.3 Å². The van der Waals surface area contributed by atoms with Crippen molar-refractivity contribution in [2.24, 2.45) is 0 Å². The van der Waals surface area contributed by atoms with Gasteiger partial charge in [0.2, 0.25) is 5.91 Å². The van der Waals surface area contributed by atoms with Crippen molar-refractivity contribution < 1.29 is 19.2 Å². The van der Waals surface area contributed by atoms with Gasteiger partial charge in [-0.3, -0.25) is 19.7 Å². The SMILES string of the molecule is C=CCOc1ccc(NC(=O)/C(=C/c2cccc([N+](=O)[O-])c2)NC(C)=O)cc1. The number of nitro benzene ring substituents is 1. The molecular formula is C20H19N3O5. The summed E-state index contributed by atoms with van der Waals surface area (Å²) in [5.41, 5.74) is 0.735. The van der Waals surface area contributed by atoms with Gasteiger partial charge in [-0.25, -0.2) is 0 Å². The molecule has 0 bridgehead atoms. The number of anilines is 1. The molecule has 2 amide bonds. The van der Waals surface area contributed by atoms with Crippen LogP contribution in [0.5, 0.6) is 5.75 Å². The molecule has 0 fully saturated rings. The molecule has 0 aromatic heterocycles. The van der Waals surface area contributed by atoms with E-state index in [1.807, 2.05) is 0 Å². The number of hydrogen-bond donors (Lipinski definition) is 2. The molecule has 2 aromatic carbocycles. The van der Waals surface area contributed by atoms with Crippen molar-refractivity contribution in [2.45, 2.75) is 6.92 Å². The number of benzene rings is 2. The van der Waals surface area contributed by atoms with E-state index in [4.69, 9.17) is 4.74 Å². The van der Waals surface area contributed by atoms with Gasteiger partial charge in [-0.1, -0.05) is 24.8 Å². The highest BCUT2D eigenvalue weighted by Crippen LogP contribution is 2.18. The molecule has 8 nitrogen and oxygen atoms in total. The molecule has 0 aliphatic carbocycles. The summed E-state index contributed by atoms with van der Waals surface area (Å²) < 4.78 is 5.37. The summed E-state index contributed by atoms with van der Waals surface area (Å²) >= 11 is 0. The molecule has 8 heteroatoms. The number of nitrogens with one attached hydrogen (secondary N) is 2. The Bertz CT molecular complexity index is 920. The lowest BCUT2D eigenvalue weighted by molar-refractivity contribution is -0.384. The van der Waals surface area contributed by atoms with E-state index in [0.29, 0.717) is 23.6 Å². The molecule has 28 heavy (non-hydrogen) atoms. The zero-order valence-corrected chi connectivity index (χ0v) is 15.2. The van der Waals surface area contributed by atoms with Crippen LogP contribution in [0, 0.1) is 10.1 Å². The van der Waals surface area contributed by atoms with E-state index >= 15 is 0 Å². The molecule has 0 aliphatic rings. The minimum absolute atomic E-state index is 0.0417. The predicted octanol–water partition coefficient (Wildman–Crippen LogP) is 3.28. The minimum atomic E-state index is -0.568. The second-order valence-electron chi connectivity index (χ2n) is 5.67. The van der Waals surface area contributed by atoms with Crippen LogP contribution in [0.1, 0.15) is 12.5 Å². The number of rotatable bonds is 8. The third-order valence-corrected chi connectivity index (χ3v) is 3.43. The smallest absolute Gasteiger partial charge is 0.272 e. The standard InChI is InChI=1S/C20H19N3O5/c1-3-11-28-18-9-7-16(8-10-18)22-20(25)19(21-14(2)24)13-15-5-4-6-17(12-15)23(26)27/h3-10,12-13H,1,11H2,2H3,(H,21,24)(H,22,25)/b19-13-. The molecule has 0 aliphatic heterocycles. The van der Waals surface area contributed by atoms with E-state index in [1.54, 1.807) is 36.4 Å². The van der Waals surface area contributed by atoms with Gasteiger partial charge in [-0.2, -0.15) is 0 Å². The van der Waals surface area contributed by atoms with Crippen molar-refractivity contribution in [2.75, 3.05) is 11.9 Å². The molecule has 144 valence electrons. The molecule has 0 heterocycles. The van der Waals surface area contributed by atoms with E-state index in [0.717, 1.165) is 0 Å². The van der Waals surface area contributed by atoms with Crippen LogP contribution >= 0.6 is 0 Å². The van der Waals surface area contributed by atoms with Crippen molar-refractivity contribution in [3.8, 4) is 5.75 Å². The normalized spacial score (nSPS) is 10.7. The zero-order valence-electron chi connectivity index (χ0n) is 15.2. The third kappa shape index (κ3) is 6.10. The Morgan fingerprint density at radius 2 is 1.93 bits per heavy atom. The monoisotopic (exact) mass is 381 g/mol. The molecule has 2 aromatic rings. The summed E-state index contributed by atoms with van der Waals surface area (Å²) in [5, 5.41) is 16.0. The molecule has 2 rings (SSSR count). The summed E-state index contributed by atoms with van der Waals surface area (Å²) in [6.07, 6.45) is 2.99. The number of non-ortho nitro benzene ring substituents is 1. The van der Waals surface area contributed by atoms with Gasteiger partial charge in [0.05, 0.1) is 4.92 Å². The fraction of sp³-hybridized carbons (Fsp3) is 0.100. The first-order valence-electron chi connectivity index (χ1n) is 8.28. The van der Waals surface area contributed by atoms with Crippen LogP contribution in [0.25, 0.3) is 6.08 Å². The Morgan fingerprint density at radius 3 is 2.54 bits per heavy atom. The van der Waals surface area contributed by atoms with Gasteiger partial charge in [-0.15, -0.1) is 0 Å². The average Bonchev–Trinajstić information content (AvgIpc) is 2.66. The lowest BCUT2D eigenvalue weighted by Gasteiger charge is -2.10. The first-order chi connectivity index (χ1) is 13.4. The maximum atomic E-state index is 12.6. The van der Waals surface area contributed by atoms with E-state index in [9.17, 15) is 19.7 Å². The second kappa shape index (κ2) is 9.67. The van der Waals surface area contributed by atoms with Crippen molar-refractivity contribution >= 4 is 29.3 Å². The molecular weight excluding hydrogens is 362 g/mol. The number of carbonyl (C=O) groups is 2. The number of hydrogen-bond acceptors (Lipinski definition) is 5. The van der Waals surface area contributed by atoms with E-state index < -0.39 is 16.7 Å². The number of carbonyl (C=O) groups excluding carboxylic acids is 2. The van der Waals surface area contributed by atoms with Crippen LogP contribution in [0.15, 0.2) is 66.9 Å². The number of ether oxygens (including phenoxy) is 1. The zero-order chi connectivity index (χ0) is 20.5. The largest absolute Gasteiger partial charge is 0.490 e. The van der Waals surface area contributed by atoms with Crippen LogP contribution < -0.4 is 15.4 Å². The molecule has 0 radical (unpaired) electrons. The quantitative estimate of drug-likeness (QED) is 0.316. The molecule has 0 saturated heterocycles. The third-order valence-electron chi connectivity index (χ3n) is 3.43. The Morgan fingerprint density at radius 1 is 1.21 bits per heavy atom. The van der Waals surface area contributed by atoms with Crippen LogP contribution in [0.4, 0.5) is 11.4 Å². The van der Waals surface area contributed by atoms with Gasteiger partial charge in [0.1, 0.15) is 18.1 Å². The number of amides is 2. The van der Waals surface area contributed by atoms with Gasteiger partial charge < -0.3 is 15.4 Å². The molecule has 0 spiro atoms.